The molecular formula is C20H23BrN2O. The van der Waals surface area contributed by atoms with Gasteiger partial charge in [0.15, 0.2) is 6.23 Å². The molecule has 0 saturated carbocycles. The molecule has 0 saturated heterocycles. The summed E-state index contributed by atoms with van der Waals surface area (Å²) < 4.78 is 7.51. The van der Waals surface area contributed by atoms with E-state index in [-0.39, 0.29) is 11.8 Å². The summed E-state index contributed by atoms with van der Waals surface area (Å²) in [4.78, 5) is 6.96. The molecule has 126 valence electrons. The average Bonchev–Trinajstić information content (AvgIpc) is 2.86. The quantitative estimate of drug-likeness (QED) is 0.709. The Morgan fingerprint density at radius 3 is 2.25 bits per heavy atom. The van der Waals surface area contributed by atoms with Gasteiger partial charge in [-0.3, -0.25) is 4.99 Å². The first-order valence-corrected chi connectivity index (χ1v) is 8.91. The van der Waals surface area contributed by atoms with E-state index in [1.54, 1.807) is 0 Å². The lowest BCUT2D eigenvalue weighted by atomic mass is 9.90. The van der Waals surface area contributed by atoms with E-state index < -0.39 is 5.54 Å². The second-order valence-electron chi connectivity index (χ2n) is 7.22. The van der Waals surface area contributed by atoms with E-state index in [0.717, 1.165) is 15.7 Å². The van der Waals surface area contributed by atoms with E-state index in [1.165, 1.54) is 0 Å². The first-order chi connectivity index (χ1) is 11.3. The van der Waals surface area contributed by atoms with Crippen LogP contribution in [0.3, 0.4) is 0 Å². The molecule has 0 unspecified atom stereocenters. The predicted molar refractivity (Wildman–Crippen MR) is 104 cm³/mol. The minimum absolute atomic E-state index is 0.207. The van der Waals surface area contributed by atoms with E-state index in [0.29, 0.717) is 0 Å². The van der Waals surface area contributed by atoms with Gasteiger partial charge in [0.25, 0.3) is 0 Å². The molecule has 2 aromatic rings. The lowest BCUT2D eigenvalue weighted by Gasteiger charge is -2.39. The highest BCUT2D eigenvalue weighted by Crippen LogP contribution is 2.40. The third-order valence-corrected chi connectivity index (χ3v) is 4.66. The standard InChI is InChI=1S/C20H23BrN2O/c1-19(2,3)24-18-20(4,15-8-6-5-7-9-15)22-14-23(18)17-12-10-16(21)11-13-17/h5-14,18H,1-4H3/t18-,20-/m1/s1. The maximum atomic E-state index is 6.46. The lowest BCUT2D eigenvalue weighted by Crippen LogP contribution is -2.48. The minimum Gasteiger partial charge on any atom is -0.349 e. The topological polar surface area (TPSA) is 24.8 Å². The third-order valence-electron chi connectivity index (χ3n) is 4.13. The Balaban J connectivity index is 2.02. The van der Waals surface area contributed by atoms with Crippen molar-refractivity contribution in [3.8, 4) is 0 Å². The first-order valence-electron chi connectivity index (χ1n) is 8.12. The molecule has 1 aliphatic heterocycles. The van der Waals surface area contributed by atoms with E-state index >= 15 is 0 Å². The van der Waals surface area contributed by atoms with Crippen LogP contribution in [0.2, 0.25) is 0 Å². The summed E-state index contributed by atoms with van der Waals surface area (Å²) in [5, 5.41) is 0. The highest BCUT2D eigenvalue weighted by atomic mass is 79.9. The summed E-state index contributed by atoms with van der Waals surface area (Å²) in [7, 11) is 0. The second-order valence-corrected chi connectivity index (χ2v) is 8.14. The Labute approximate surface area is 152 Å². The molecule has 0 amide bonds. The number of ether oxygens (including phenoxy) is 1. The van der Waals surface area contributed by atoms with Crippen LogP contribution in [0.4, 0.5) is 5.69 Å². The molecule has 1 aliphatic rings. The number of hydrogen-bond donors (Lipinski definition) is 0. The van der Waals surface area contributed by atoms with Crippen molar-refractivity contribution in [3.63, 3.8) is 0 Å². The van der Waals surface area contributed by atoms with E-state index in [9.17, 15) is 0 Å². The fraction of sp³-hybridized carbons (Fsp3) is 0.350. The SMILES string of the molecule is CC(C)(C)O[C@H]1N(c2ccc(Br)cc2)C=N[C@]1(C)c1ccccc1. The zero-order chi connectivity index (χ0) is 17.4. The molecule has 3 rings (SSSR count). The Morgan fingerprint density at radius 2 is 1.67 bits per heavy atom. The summed E-state index contributed by atoms with van der Waals surface area (Å²) in [5.74, 6) is 0. The molecule has 0 radical (unpaired) electrons. The van der Waals surface area contributed by atoms with Crippen LogP contribution in [-0.4, -0.2) is 18.2 Å². The summed E-state index contributed by atoms with van der Waals surface area (Å²) in [6.45, 7) is 8.37. The molecule has 0 spiro atoms. The summed E-state index contributed by atoms with van der Waals surface area (Å²) in [6, 6.07) is 18.6. The zero-order valence-corrected chi connectivity index (χ0v) is 16.1. The number of aliphatic imine (C=N–C) groups is 1. The number of nitrogens with zero attached hydrogens (tertiary/aromatic N) is 2. The highest BCUT2D eigenvalue weighted by Gasteiger charge is 2.46. The molecule has 1 heterocycles. The molecule has 4 heteroatoms. The lowest BCUT2D eigenvalue weighted by molar-refractivity contribution is -0.0804. The molecule has 0 fully saturated rings. The van der Waals surface area contributed by atoms with Crippen molar-refractivity contribution in [1.82, 2.24) is 0 Å². The Kier molecular flexibility index (Phi) is 4.54. The molecule has 2 aromatic carbocycles. The molecule has 0 bridgehead atoms. The maximum absolute atomic E-state index is 6.46. The van der Waals surface area contributed by atoms with Crippen LogP contribution in [0.15, 0.2) is 64.1 Å². The van der Waals surface area contributed by atoms with Crippen molar-refractivity contribution in [1.29, 1.82) is 0 Å². The van der Waals surface area contributed by atoms with Gasteiger partial charge in [0.2, 0.25) is 0 Å². The highest BCUT2D eigenvalue weighted by molar-refractivity contribution is 9.10. The van der Waals surface area contributed by atoms with Crippen LogP contribution in [0.1, 0.15) is 33.3 Å². The molecule has 0 aromatic heterocycles. The summed E-state index contributed by atoms with van der Waals surface area (Å²) >= 11 is 3.49. The molecule has 3 nitrogen and oxygen atoms in total. The van der Waals surface area contributed by atoms with Crippen LogP contribution in [0.25, 0.3) is 0 Å². The average molecular weight is 387 g/mol. The van der Waals surface area contributed by atoms with Gasteiger partial charge in [-0.2, -0.15) is 0 Å². The fourth-order valence-electron chi connectivity index (χ4n) is 2.89. The Hall–Kier alpha value is -1.65. The smallest absolute Gasteiger partial charge is 0.165 e. The molecule has 0 aliphatic carbocycles. The van der Waals surface area contributed by atoms with Crippen LogP contribution < -0.4 is 4.90 Å². The van der Waals surface area contributed by atoms with Crippen molar-refractivity contribution in [2.45, 2.75) is 45.1 Å². The van der Waals surface area contributed by atoms with Gasteiger partial charge in [-0.15, -0.1) is 0 Å². The second kappa shape index (κ2) is 6.34. The summed E-state index contributed by atoms with van der Waals surface area (Å²) in [5.41, 5.74) is 1.48. The van der Waals surface area contributed by atoms with Gasteiger partial charge in [0.1, 0.15) is 5.54 Å². The number of rotatable bonds is 3. The van der Waals surface area contributed by atoms with Gasteiger partial charge >= 0.3 is 0 Å². The van der Waals surface area contributed by atoms with Gasteiger partial charge in [-0.1, -0.05) is 46.3 Å². The van der Waals surface area contributed by atoms with Crippen LogP contribution >= 0.6 is 15.9 Å². The van der Waals surface area contributed by atoms with Crippen molar-refractivity contribution in [3.05, 3.63) is 64.6 Å². The van der Waals surface area contributed by atoms with Crippen molar-refractivity contribution < 1.29 is 4.74 Å². The largest absolute Gasteiger partial charge is 0.349 e. The number of anilines is 1. The van der Waals surface area contributed by atoms with Gasteiger partial charge in [0.05, 0.1) is 11.9 Å². The summed E-state index contributed by atoms with van der Waals surface area (Å²) in [6.07, 6.45) is 1.69. The zero-order valence-electron chi connectivity index (χ0n) is 14.5. The molecule has 24 heavy (non-hydrogen) atoms. The van der Waals surface area contributed by atoms with Crippen LogP contribution in [0, 0.1) is 0 Å². The normalized spacial score (nSPS) is 23.7. The fourth-order valence-corrected chi connectivity index (χ4v) is 3.16. The number of benzene rings is 2. The maximum Gasteiger partial charge on any atom is 0.165 e. The molecule has 2 atom stereocenters. The first kappa shape index (κ1) is 17.2. The van der Waals surface area contributed by atoms with Gasteiger partial charge < -0.3 is 9.64 Å². The van der Waals surface area contributed by atoms with Crippen molar-refractivity contribution in [2.75, 3.05) is 4.90 Å². The Bertz CT molecular complexity index is 722. The molecule has 0 N–H and O–H groups in total. The Morgan fingerprint density at radius 1 is 1.04 bits per heavy atom. The van der Waals surface area contributed by atoms with E-state index in [1.807, 2.05) is 36.7 Å². The van der Waals surface area contributed by atoms with Gasteiger partial charge in [-0.05, 0) is 57.5 Å². The van der Waals surface area contributed by atoms with Crippen molar-refractivity contribution in [2.24, 2.45) is 4.99 Å². The molecular weight excluding hydrogens is 364 g/mol. The third kappa shape index (κ3) is 3.40. The van der Waals surface area contributed by atoms with Crippen LogP contribution in [0.5, 0.6) is 0 Å². The minimum atomic E-state index is -0.457. The number of halogens is 1. The van der Waals surface area contributed by atoms with Crippen LogP contribution in [-0.2, 0) is 10.3 Å². The monoisotopic (exact) mass is 386 g/mol. The van der Waals surface area contributed by atoms with E-state index in [2.05, 4.69) is 72.8 Å². The predicted octanol–water partition coefficient (Wildman–Crippen LogP) is 5.35. The van der Waals surface area contributed by atoms with E-state index in [4.69, 9.17) is 9.73 Å². The number of hydrogen-bond acceptors (Lipinski definition) is 3. The van der Waals surface area contributed by atoms with Gasteiger partial charge in [-0.25, -0.2) is 0 Å². The van der Waals surface area contributed by atoms with Crippen molar-refractivity contribution >= 4 is 28.0 Å². The van der Waals surface area contributed by atoms with Gasteiger partial charge in [0, 0.05) is 10.2 Å².